The standard InChI is InChI=1S/C25H31N3O/c1-3-9-23(27-16-7-4-8-17-27)25(29)28-18-21-10-5-6-11-22(21)26-24(28)20-14-12-19(2)13-15-20/h5-6,10-15,23H,3-4,7-9,16-18H2,1-2H3. The van der Waals surface area contributed by atoms with Crippen molar-refractivity contribution in [3.8, 4) is 0 Å². The summed E-state index contributed by atoms with van der Waals surface area (Å²) in [6, 6.07) is 16.5. The lowest BCUT2D eigenvalue weighted by molar-refractivity contribution is -0.134. The molecule has 1 fully saturated rings. The average molecular weight is 390 g/mol. The molecule has 2 aromatic carbocycles. The first-order valence-electron chi connectivity index (χ1n) is 11.0. The number of carbonyl (C=O) groups excluding carboxylic acids is 1. The second-order valence-electron chi connectivity index (χ2n) is 8.26. The van der Waals surface area contributed by atoms with Gasteiger partial charge in [0.15, 0.2) is 0 Å². The number of nitrogens with zero attached hydrogens (tertiary/aromatic N) is 3. The lowest BCUT2D eigenvalue weighted by atomic mass is 10.0. The molecule has 2 heterocycles. The van der Waals surface area contributed by atoms with E-state index in [-0.39, 0.29) is 11.9 Å². The summed E-state index contributed by atoms with van der Waals surface area (Å²) in [5.41, 5.74) is 4.30. The Hall–Kier alpha value is -2.46. The fourth-order valence-electron chi connectivity index (χ4n) is 4.42. The fourth-order valence-corrected chi connectivity index (χ4v) is 4.42. The van der Waals surface area contributed by atoms with E-state index in [4.69, 9.17) is 4.99 Å². The van der Waals surface area contributed by atoms with Gasteiger partial charge in [-0.15, -0.1) is 0 Å². The molecular weight excluding hydrogens is 358 g/mol. The first-order chi connectivity index (χ1) is 14.2. The van der Waals surface area contributed by atoms with Gasteiger partial charge in [-0.2, -0.15) is 0 Å². The fraction of sp³-hybridized carbons (Fsp3) is 0.440. The Morgan fingerprint density at radius 3 is 2.48 bits per heavy atom. The Bertz CT molecular complexity index is 881. The van der Waals surface area contributed by atoms with Crippen molar-refractivity contribution >= 4 is 17.4 Å². The number of piperidine rings is 1. The second-order valence-corrected chi connectivity index (χ2v) is 8.26. The number of amides is 1. The summed E-state index contributed by atoms with van der Waals surface area (Å²) in [7, 11) is 0. The third-order valence-corrected chi connectivity index (χ3v) is 6.06. The summed E-state index contributed by atoms with van der Waals surface area (Å²) in [6.45, 7) is 6.90. The van der Waals surface area contributed by atoms with Gasteiger partial charge in [-0.05, 0) is 50.9 Å². The van der Waals surface area contributed by atoms with E-state index in [1.54, 1.807) is 0 Å². The van der Waals surface area contributed by atoms with Gasteiger partial charge in [-0.25, -0.2) is 4.99 Å². The molecule has 0 N–H and O–H groups in total. The minimum absolute atomic E-state index is 0.0544. The van der Waals surface area contributed by atoms with Crippen molar-refractivity contribution in [2.75, 3.05) is 13.1 Å². The zero-order chi connectivity index (χ0) is 20.2. The number of fused-ring (bicyclic) bond motifs is 1. The van der Waals surface area contributed by atoms with Crippen molar-refractivity contribution in [2.45, 2.75) is 58.5 Å². The van der Waals surface area contributed by atoms with Gasteiger partial charge >= 0.3 is 0 Å². The van der Waals surface area contributed by atoms with Crippen LogP contribution in [0.2, 0.25) is 0 Å². The maximum absolute atomic E-state index is 13.9. The van der Waals surface area contributed by atoms with E-state index in [1.807, 2.05) is 23.1 Å². The highest BCUT2D eigenvalue weighted by atomic mass is 16.2. The molecule has 29 heavy (non-hydrogen) atoms. The molecule has 1 amide bonds. The maximum atomic E-state index is 13.9. The Labute approximate surface area is 174 Å². The van der Waals surface area contributed by atoms with Gasteiger partial charge in [-0.3, -0.25) is 14.6 Å². The minimum Gasteiger partial charge on any atom is -0.292 e. The first-order valence-corrected chi connectivity index (χ1v) is 11.0. The number of hydrogen-bond acceptors (Lipinski definition) is 3. The van der Waals surface area contributed by atoms with E-state index in [0.29, 0.717) is 6.54 Å². The molecule has 152 valence electrons. The van der Waals surface area contributed by atoms with Crippen LogP contribution in [0.25, 0.3) is 0 Å². The Balaban J connectivity index is 1.71. The van der Waals surface area contributed by atoms with Crippen LogP contribution < -0.4 is 0 Å². The summed E-state index contributed by atoms with van der Waals surface area (Å²) in [6.07, 6.45) is 5.56. The summed E-state index contributed by atoms with van der Waals surface area (Å²) in [4.78, 5) is 23.1. The monoisotopic (exact) mass is 389 g/mol. The molecule has 2 aliphatic rings. The molecule has 0 aliphatic carbocycles. The molecule has 2 aromatic rings. The van der Waals surface area contributed by atoms with Crippen LogP contribution in [0.5, 0.6) is 0 Å². The van der Waals surface area contributed by atoms with Crippen molar-refractivity contribution < 1.29 is 4.79 Å². The molecule has 1 unspecified atom stereocenters. The molecule has 1 saturated heterocycles. The van der Waals surface area contributed by atoms with Crippen LogP contribution in [0.3, 0.4) is 0 Å². The van der Waals surface area contributed by atoms with Crippen molar-refractivity contribution in [3.05, 3.63) is 65.2 Å². The number of likely N-dealkylation sites (tertiary alicyclic amines) is 1. The minimum atomic E-state index is -0.0544. The Morgan fingerprint density at radius 1 is 1.03 bits per heavy atom. The van der Waals surface area contributed by atoms with Crippen molar-refractivity contribution in [1.29, 1.82) is 0 Å². The number of hydrogen-bond donors (Lipinski definition) is 0. The topological polar surface area (TPSA) is 35.9 Å². The highest BCUT2D eigenvalue weighted by molar-refractivity contribution is 6.10. The van der Waals surface area contributed by atoms with Gasteiger partial charge in [0.05, 0.1) is 18.3 Å². The zero-order valence-electron chi connectivity index (χ0n) is 17.6. The molecule has 1 atom stereocenters. The van der Waals surface area contributed by atoms with E-state index >= 15 is 0 Å². The average Bonchev–Trinajstić information content (AvgIpc) is 2.77. The van der Waals surface area contributed by atoms with Crippen molar-refractivity contribution in [3.63, 3.8) is 0 Å². The number of para-hydroxylation sites is 1. The summed E-state index contributed by atoms with van der Waals surface area (Å²) >= 11 is 0. The van der Waals surface area contributed by atoms with E-state index in [1.165, 1.54) is 24.8 Å². The molecular formula is C25H31N3O. The first kappa shape index (κ1) is 19.8. The smallest absolute Gasteiger partial charge is 0.245 e. The number of amidine groups is 1. The van der Waals surface area contributed by atoms with Gasteiger partial charge in [-0.1, -0.05) is 67.8 Å². The number of aliphatic imine (C=N–C) groups is 1. The van der Waals surface area contributed by atoms with Crippen molar-refractivity contribution in [2.24, 2.45) is 4.99 Å². The van der Waals surface area contributed by atoms with E-state index in [9.17, 15) is 4.79 Å². The van der Waals surface area contributed by atoms with Crippen LogP contribution in [0.15, 0.2) is 53.5 Å². The van der Waals surface area contributed by atoms with E-state index in [2.05, 4.69) is 49.1 Å². The van der Waals surface area contributed by atoms with E-state index < -0.39 is 0 Å². The summed E-state index contributed by atoms with van der Waals surface area (Å²) in [5, 5.41) is 0. The van der Waals surface area contributed by atoms with Crippen LogP contribution in [0.4, 0.5) is 5.69 Å². The largest absolute Gasteiger partial charge is 0.292 e. The molecule has 4 heteroatoms. The van der Waals surface area contributed by atoms with Gasteiger partial charge in [0.25, 0.3) is 0 Å². The number of carbonyl (C=O) groups is 1. The van der Waals surface area contributed by atoms with Crippen LogP contribution >= 0.6 is 0 Å². The van der Waals surface area contributed by atoms with Crippen LogP contribution in [-0.2, 0) is 11.3 Å². The molecule has 0 aromatic heterocycles. The van der Waals surface area contributed by atoms with Crippen molar-refractivity contribution in [1.82, 2.24) is 9.80 Å². The lowest BCUT2D eigenvalue weighted by Gasteiger charge is -2.38. The molecule has 2 aliphatic heterocycles. The highest BCUT2D eigenvalue weighted by Crippen LogP contribution is 2.30. The normalized spacial score (nSPS) is 18.1. The van der Waals surface area contributed by atoms with Crippen LogP contribution in [0, 0.1) is 6.92 Å². The maximum Gasteiger partial charge on any atom is 0.245 e. The number of rotatable bonds is 5. The molecule has 0 spiro atoms. The number of aryl methyl sites for hydroxylation is 1. The van der Waals surface area contributed by atoms with Gasteiger partial charge in [0.1, 0.15) is 5.84 Å². The highest BCUT2D eigenvalue weighted by Gasteiger charge is 2.34. The van der Waals surface area contributed by atoms with Gasteiger partial charge < -0.3 is 0 Å². The third kappa shape index (κ3) is 4.27. The third-order valence-electron chi connectivity index (χ3n) is 6.06. The molecule has 4 rings (SSSR count). The predicted molar refractivity (Wildman–Crippen MR) is 118 cm³/mol. The lowest BCUT2D eigenvalue weighted by Crippen LogP contribution is -2.52. The summed E-state index contributed by atoms with van der Waals surface area (Å²) < 4.78 is 0. The quantitative estimate of drug-likeness (QED) is 0.716. The second kappa shape index (κ2) is 8.91. The molecule has 0 saturated carbocycles. The Kier molecular flexibility index (Phi) is 6.10. The van der Waals surface area contributed by atoms with Gasteiger partial charge in [0.2, 0.25) is 5.91 Å². The summed E-state index contributed by atoms with van der Waals surface area (Å²) in [5.74, 6) is 0.981. The van der Waals surface area contributed by atoms with Gasteiger partial charge in [0, 0.05) is 5.56 Å². The number of benzene rings is 2. The molecule has 0 radical (unpaired) electrons. The molecule has 4 nitrogen and oxygen atoms in total. The molecule has 0 bridgehead atoms. The van der Waals surface area contributed by atoms with Crippen LogP contribution in [-0.4, -0.2) is 40.7 Å². The zero-order valence-corrected chi connectivity index (χ0v) is 17.6. The SMILES string of the molecule is CCCC(C(=O)N1Cc2ccccc2N=C1c1ccc(C)cc1)N1CCCCC1. The predicted octanol–water partition coefficient (Wildman–Crippen LogP) is 5.07. The van der Waals surface area contributed by atoms with E-state index in [0.717, 1.165) is 48.6 Å². The Morgan fingerprint density at radius 2 is 1.76 bits per heavy atom. The van der Waals surface area contributed by atoms with Crippen LogP contribution in [0.1, 0.15) is 55.7 Å².